The molecule has 0 bridgehead atoms. The number of nitrogens with one attached hydrogen (secondary N) is 1. The standard InChI is InChI=1S/C3H4N5/c4-2-1-6-8-3(2)7-5/h1H,4H2,(H,6,8). The Morgan fingerprint density at radius 3 is 2.88 bits per heavy atom. The lowest BCUT2D eigenvalue weighted by molar-refractivity contribution is 1.06. The molecule has 1 aromatic heterocycles. The van der Waals surface area contributed by atoms with E-state index in [-0.39, 0.29) is 5.82 Å². The summed E-state index contributed by atoms with van der Waals surface area (Å²) in [5.41, 5.74) is 13.6. The molecule has 0 aromatic carbocycles. The van der Waals surface area contributed by atoms with Crippen molar-refractivity contribution in [3.63, 3.8) is 0 Å². The molecule has 0 saturated heterocycles. The van der Waals surface area contributed by atoms with Crippen LogP contribution in [0.1, 0.15) is 0 Å². The van der Waals surface area contributed by atoms with Gasteiger partial charge in [-0.3, -0.25) is 5.10 Å². The molecule has 8 heavy (non-hydrogen) atoms. The van der Waals surface area contributed by atoms with Crippen LogP contribution in [0.3, 0.4) is 0 Å². The first-order valence-electron chi connectivity index (χ1n) is 1.99. The van der Waals surface area contributed by atoms with Gasteiger partial charge in [0.05, 0.1) is 5.69 Å². The molecule has 0 fully saturated rings. The van der Waals surface area contributed by atoms with Crippen LogP contribution >= 0.6 is 0 Å². The van der Waals surface area contributed by atoms with Crippen LogP contribution in [0.25, 0.3) is 0 Å². The highest BCUT2D eigenvalue weighted by Crippen LogP contribution is 2.13. The molecule has 0 spiro atoms. The molecule has 5 nitrogen and oxygen atoms in total. The lowest BCUT2D eigenvalue weighted by atomic mass is 10.5. The van der Waals surface area contributed by atoms with E-state index in [0.29, 0.717) is 5.69 Å². The number of H-pyrrole nitrogens is 1. The Morgan fingerprint density at radius 1 is 1.88 bits per heavy atom. The predicted molar refractivity (Wildman–Crippen MR) is 27.2 cm³/mol. The van der Waals surface area contributed by atoms with Crippen molar-refractivity contribution in [2.75, 3.05) is 5.73 Å². The molecule has 0 atom stereocenters. The van der Waals surface area contributed by atoms with Crippen molar-refractivity contribution in [1.29, 1.82) is 0 Å². The predicted octanol–water partition coefficient (Wildman–Crippen LogP) is -0.124. The number of aromatic amines is 1. The second-order valence-electron chi connectivity index (χ2n) is 1.26. The Balaban J connectivity index is 3.09. The summed E-state index contributed by atoms with van der Waals surface area (Å²) in [5, 5.41) is 8.65. The van der Waals surface area contributed by atoms with Gasteiger partial charge in [-0.2, -0.15) is 5.10 Å². The van der Waals surface area contributed by atoms with E-state index in [1.807, 2.05) is 0 Å². The monoisotopic (exact) mass is 110 g/mol. The number of aromatic nitrogens is 2. The van der Waals surface area contributed by atoms with Crippen molar-refractivity contribution in [2.45, 2.75) is 0 Å². The number of rotatable bonds is 1. The molecule has 5 heteroatoms. The molecule has 1 aromatic rings. The Labute approximate surface area is 45.4 Å². The molecular formula is C3H4N5. The van der Waals surface area contributed by atoms with Gasteiger partial charge in [-0.05, 0) is 5.53 Å². The first-order chi connectivity index (χ1) is 3.84. The maximum atomic E-state index is 8.07. The van der Waals surface area contributed by atoms with E-state index in [2.05, 4.69) is 15.3 Å². The highest BCUT2D eigenvalue weighted by molar-refractivity contribution is 5.54. The highest BCUT2D eigenvalue weighted by Gasteiger charge is 1.95. The van der Waals surface area contributed by atoms with Gasteiger partial charge in [0.15, 0.2) is 0 Å². The molecule has 1 heterocycles. The number of anilines is 1. The minimum atomic E-state index is 0.130. The molecular weight excluding hydrogens is 106 g/mol. The summed E-state index contributed by atoms with van der Waals surface area (Å²) in [6.45, 7) is 0. The number of hydrogen-bond acceptors (Lipinski definition) is 3. The maximum absolute atomic E-state index is 8.07. The largest absolute Gasteiger partial charge is 0.394 e. The van der Waals surface area contributed by atoms with E-state index in [1.165, 1.54) is 6.20 Å². The third-order valence-corrected chi connectivity index (χ3v) is 0.743. The van der Waals surface area contributed by atoms with Crippen LogP contribution < -0.4 is 11.3 Å². The molecule has 0 saturated carbocycles. The van der Waals surface area contributed by atoms with Crippen molar-refractivity contribution in [2.24, 2.45) is 5.11 Å². The fourth-order valence-corrected chi connectivity index (χ4v) is 0.372. The summed E-state index contributed by atoms with van der Waals surface area (Å²) in [6.07, 6.45) is 1.44. The molecule has 41 valence electrons. The molecule has 0 aliphatic rings. The zero-order chi connectivity index (χ0) is 5.98. The average molecular weight is 110 g/mol. The van der Waals surface area contributed by atoms with Crippen LogP contribution in [-0.4, -0.2) is 10.2 Å². The van der Waals surface area contributed by atoms with Crippen LogP contribution in [0.5, 0.6) is 0 Å². The fourth-order valence-electron chi connectivity index (χ4n) is 0.372. The van der Waals surface area contributed by atoms with Crippen molar-refractivity contribution < 1.29 is 0 Å². The van der Waals surface area contributed by atoms with E-state index in [0.717, 1.165) is 0 Å². The van der Waals surface area contributed by atoms with Crippen molar-refractivity contribution in [1.82, 2.24) is 15.7 Å². The summed E-state index contributed by atoms with van der Waals surface area (Å²) in [4.78, 5) is 0. The van der Waals surface area contributed by atoms with Gasteiger partial charge in [0, 0.05) is 6.20 Å². The SMILES string of the molecule is [N]=Nc1n[nH]cc1N. The molecule has 0 amide bonds. The molecule has 0 aliphatic heterocycles. The lowest BCUT2D eigenvalue weighted by Crippen LogP contribution is -1.78. The smallest absolute Gasteiger partial charge is 0.220 e. The second kappa shape index (κ2) is 1.61. The summed E-state index contributed by atoms with van der Waals surface area (Å²) in [7, 11) is 0. The molecule has 1 rings (SSSR count). The third-order valence-electron chi connectivity index (χ3n) is 0.743. The number of nitrogens with two attached hydrogens (primary N) is 1. The Hall–Kier alpha value is -1.39. The van der Waals surface area contributed by atoms with E-state index in [1.54, 1.807) is 0 Å². The van der Waals surface area contributed by atoms with Gasteiger partial charge < -0.3 is 5.73 Å². The lowest BCUT2D eigenvalue weighted by Gasteiger charge is -1.77. The highest BCUT2D eigenvalue weighted by atomic mass is 15.2. The van der Waals surface area contributed by atoms with E-state index >= 15 is 0 Å². The van der Waals surface area contributed by atoms with Gasteiger partial charge in [0.1, 0.15) is 0 Å². The van der Waals surface area contributed by atoms with Gasteiger partial charge in [-0.25, -0.2) is 0 Å². The van der Waals surface area contributed by atoms with Gasteiger partial charge in [-0.15, -0.1) is 5.11 Å². The second-order valence-corrected chi connectivity index (χ2v) is 1.26. The quantitative estimate of drug-likeness (QED) is 0.493. The van der Waals surface area contributed by atoms with Crippen molar-refractivity contribution in [3.05, 3.63) is 6.20 Å². The topological polar surface area (TPSA) is 89.4 Å². The maximum Gasteiger partial charge on any atom is 0.220 e. The van der Waals surface area contributed by atoms with Crippen LogP contribution in [0.2, 0.25) is 0 Å². The molecule has 0 unspecified atom stereocenters. The minimum Gasteiger partial charge on any atom is -0.394 e. The normalized spacial score (nSPS) is 9.00. The zero-order valence-electron chi connectivity index (χ0n) is 4.00. The van der Waals surface area contributed by atoms with E-state index in [9.17, 15) is 0 Å². The molecule has 1 radical (unpaired) electrons. The van der Waals surface area contributed by atoms with Gasteiger partial charge in [0.25, 0.3) is 0 Å². The zero-order valence-corrected chi connectivity index (χ0v) is 4.00. The Kier molecular flexibility index (Phi) is 0.957. The van der Waals surface area contributed by atoms with Crippen LogP contribution in [0.15, 0.2) is 11.3 Å². The average Bonchev–Trinajstić information content (AvgIpc) is 2.14. The Morgan fingerprint density at radius 2 is 2.62 bits per heavy atom. The van der Waals surface area contributed by atoms with Gasteiger partial charge in [-0.1, -0.05) is 0 Å². The number of nitrogen functional groups attached to an aromatic ring is 1. The first-order valence-corrected chi connectivity index (χ1v) is 1.99. The van der Waals surface area contributed by atoms with Gasteiger partial charge >= 0.3 is 0 Å². The van der Waals surface area contributed by atoms with E-state index < -0.39 is 0 Å². The van der Waals surface area contributed by atoms with Crippen molar-refractivity contribution >= 4 is 11.5 Å². The molecule has 3 N–H and O–H groups in total. The number of hydrogen-bond donors (Lipinski definition) is 2. The van der Waals surface area contributed by atoms with Crippen LogP contribution in [0, 0.1) is 0 Å². The van der Waals surface area contributed by atoms with Crippen molar-refractivity contribution in [3.8, 4) is 0 Å². The third kappa shape index (κ3) is 0.534. The first kappa shape index (κ1) is 4.76. The summed E-state index contributed by atoms with van der Waals surface area (Å²) < 4.78 is 0. The molecule has 0 aliphatic carbocycles. The Bertz CT molecular complexity index is 189. The summed E-state index contributed by atoms with van der Waals surface area (Å²) in [6, 6.07) is 0. The van der Waals surface area contributed by atoms with Crippen LogP contribution in [-0.2, 0) is 0 Å². The summed E-state index contributed by atoms with van der Waals surface area (Å²) in [5.74, 6) is 0.130. The minimum absolute atomic E-state index is 0.130. The van der Waals surface area contributed by atoms with Crippen LogP contribution in [0.4, 0.5) is 11.5 Å². The number of nitrogens with zero attached hydrogens (tertiary/aromatic N) is 3. The fraction of sp³-hybridized carbons (Fsp3) is 0. The summed E-state index contributed by atoms with van der Waals surface area (Å²) >= 11 is 0. The van der Waals surface area contributed by atoms with E-state index in [4.69, 9.17) is 11.3 Å². The van der Waals surface area contributed by atoms with Gasteiger partial charge in [0.2, 0.25) is 5.82 Å².